The fraction of sp³-hybridized carbons (Fsp3) is 1.00. The Balaban J connectivity index is 1.63. The molecule has 2 heteroatoms. The molecule has 0 bridgehead atoms. The van der Waals surface area contributed by atoms with Crippen LogP contribution in [0.5, 0.6) is 0 Å². The molecule has 0 amide bonds. The van der Waals surface area contributed by atoms with Gasteiger partial charge in [0.2, 0.25) is 0 Å². The van der Waals surface area contributed by atoms with Crippen LogP contribution in [0.1, 0.15) is 26.2 Å². The molecular weight excluding hydrogens is 172 g/mol. The highest BCUT2D eigenvalue weighted by atomic mass is 15.1. The summed E-state index contributed by atoms with van der Waals surface area (Å²) in [6, 6.07) is 0. The van der Waals surface area contributed by atoms with Crippen LogP contribution in [-0.2, 0) is 0 Å². The number of rotatable bonds is 4. The predicted octanol–water partition coefficient (Wildman–Crippen LogP) is 1.57. The third kappa shape index (κ3) is 2.96. The van der Waals surface area contributed by atoms with Gasteiger partial charge in [-0.05, 0) is 57.2 Å². The molecule has 2 rings (SSSR count). The van der Waals surface area contributed by atoms with Gasteiger partial charge in [0.1, 0.15) is 0 Å². The number of nitrogens with zero attached hydrogens (tertiary/aromatic N) is 1. The summed E-state index contributed by atoms with van der Waals surface area (Å²) in [5, 5.41) is 3.43. The molecule has 0 aromatic carbocycles. The summed E-state index contributed by atoms with van der Waals surface area (Å²) in [6.07, 6.45) is 4.23. The van der Waals surface area contributed by atoms with E-state index in [-0.39, 0.29) is 0 Å². The second kappa shape index (κ2) is 4.63. The summed E-state index contributed by atoms with van der Waals surface area (Å²) in [7, 11) is 2.30. The van der Waals surface area contributed by atoms with Gasteiger partial charge < -0.3 is 10.2 Å². The minimum absolute atomic E-state index is 0.954. The summed E-state index contributed by atoms with van der Waals surface area (Å²) in [5.41, 5.74) is 0. The molecule has 2 fully saturated rings. The molecule has 0 aromatic rings. The van der Waals surface area contributed by atoms with Gasteiger partial charge in [-0.25, -0.2) is 0 Å². The van der Waals surface area contributed by atoms with Gasteiger partial charge in [-0.2, -0.15) is 0 Å². The van der Waals surface area contributed by atoms with E-state index in [1.807, 2.05) is 0 Å². The molecule has 2 aliphatic rings. The van der Waals surface area contributed by atoms with E-state index in [9.17, 15) is 0 Å². The van der Waals surface area contributed by atoms with Crippen LogP contribution in [0.2, 0.25) is 0 Å². The third-order valence-corrected chi connectivity index (χ3v) is 3.85. The van der Waals surface area contributed by atoms with Gasteiger partial charge in [-0.1, -0.05) is 6.92 Å². The van der Waals surface area contributed by atoms with E-state index in [1.165, 1.54) is 45.4 Å². The quantitative estimate of drug-likeness (QED) is 0.734. The molecule has 2 nitrogen and oxygen atoms in total. The minimum Gasteiger partial charge on any atom is -0.317 e. The number of hydrogen-bond acceptors (Lipinski definition) is 2. The number of piperidine rings is 1. The van der Waals surface area contributed by atoms with E-state index in [0.29, 0.717) is 0 Å². The van der Waals surface area contributed by atoms with Crippen LogP contribution in [-0.4, -0.2) is 38.1 Å². The first kappa shape index (κ1) is 10.4. The molecule has 0 radical (unpaired) electrons. The first-order chi connectivity index (χ1) is 6.75. The van der Waals surface area contributed by atoms with Crippen LogP contribution in [0, 0.1) is 17.8 Å². The zero-order valence-electron chi connectivity index (χ0n) is 9.63. The molecule has 2 atom stereocenters. The predicted molar refractivity (Wildman–Crippen MR) is 60.4 cm³/mol. The van der Waals surface area contributed by atoms with Crippen LogP contribution in [0.3, 0.4) is 0 Å². The van der Waals surface area contributed by atoms with Crippen molar-refractivity contribution >= 4 is 0 Å². The van der Waals surface area contributed by atoms with E-state index < -0.39 is 0 Å². The Morgan fingerprint density at radius 2 is 1.86 bits per heavy atom. The number of hydrogen-bond donors (Lipinski definition) is 1. The molecule has 1 aliphatic carbocycles. The van der Waals surface area contributed by atoms with E-state index in [2.05, 4.69) is 24.2 Å². The van der Waals surface area contributed by atoms with Gasteiger partial charge in [-0.3, -0.25) is 0 Å². The lowest BCUT2D eigenvalue weighted by Crippen LogP contribution is -2.35. The van der Waals surface area contributed by atoms with Crippen molar-refractivity contribution in [2.24, 2.45) is 17.8 Å². The van der Waals surface area contributed by atoms with Gasteiger partial charge in [0.25, 0.3) is 0 Å². The highest BCUT2D eigenvalue weighted by Crippen LogP contribution is 2.38. The van der Waals surface area contributed by atoms with Crippen LogP contribution in [0.15, 0.2) is 0 Å². The van der Waals surface area contributed by atoms with Crippen molar-refractivity contribution in [3.8, 4) is 0 Å². The monoisotopic (exact) mass is 196 g/mol. The van der Waals surface area contributed by atoms with Crippen molar-refractivity contribution in [1.29, 1.82) is 0 Å². The molecule has 0 spiro atoms. The topological polar surface area (TPSA) is 15.3 Å². The molecular formula is C12H24N2. The third-order valence-electron chi connectivity index (χ3n) is 3.85. The average molecular weight is 196 g/mol. The van der Waals surface area contributed by atoms with Crippen LogP contribution >= 0.6 is 0 Å². The van der Waals surface area contributed by atoms with Gasteiger partial charge in [0.15, 0.2) is 0 Å². The Morgan fingerprint density at radius 1 is 1.21 bits per heavy atom. The fourth-order valence-corrected chi connectivity index (χ4v) is 2.63. The molecule has 2 unspecified atom stereocenters. The zero-order valence-corrected chi connectivity index (χ0v) is 9.63. The van der Waals surface area contributed by atoms with E-state index >= 15 is 0 Å². The summed E-state index contributed by atoms with van der Waals surface area (Å²) in [6.45, 7) is 7.51. The normalized spacial score (nSPS) is 33.6. The summed E-state index contributed by atoms with van der Waals surface area (Å²) < 4.78 is 0. The Labute approximate surface area is 88.1 Å². The molecule has 1 aliphatic heterocycles. The second-order valence-electron chi connectivity index (χ2n) is 5.39. The maximum Gasteiger partial charge on any atom is 0.000937 e. The van der Waals surface area contributed by atoms with Crippen molar-refractivity contribution in [1.82, 2.24) is 10.2 Å². The van der Waals surface area contributed by atoms with Crippen molar-refractivity contribution in [3.05, 3.63) is 0 Å². The first-order valence-electron chi connectivity index (χ1n) is 6.15. The lowest BCUT2D eigenvalue weighted by atomic mass is 9.97. The van der Waals surface area contributed by atoms with Crippen molar-refractivity contribution in [2.45, 2.75) is 26.2 Å². The van der Waals surface area contributed by atoms with Crippen LogP contribution in [0.25, 0.3) is 0 Å². The number of nitrogens with one attached hydrogen (secondary N) is 1. The molecule has 14 heavy (non-hydrogen) atoms. The average Bonchev–Trinajstić information content (AvgIpc) is 2.83. The van der Waals surface area contributed by atoms with Crippen molar-refractivity contribution < 1.29 is 0 Å². The maximum atomic E-state index is 3.43. The van der Waals surface area contributed by atoms with Gasteiger partial charge in [0.05, 0.1) is 0 Å². The largest absolute Gasteiger partial charge is 0.317 e. The van der Waals surface area contributed by atoms with E-state index in [0.717, 1.165) is 17.8 Å². The standard InChI is InChI=1S/C12H24N2/c1-10-7-12(10)9-14(2)8-11-3-5-13-6-4-11/h10-13H,3-9H2,1-2H3. The Kier molecular flexibility index (Phi) is 3.45. The Morgan fingerprint density at radius 3 is 2.43 bits per heavy atom. The highest BCUT2D eigenvalue weighted by molar-refractivity contribution is 4.85. The minimum atomic E-state index is 0.954. The smallest absolute Gasteiger partial charge is 0.000937 e. The SMILES string of the molecule is CC1CC1CN(C)CC1CCNCC1. The maximum absolute atomic E-state index is 3.43. The highest BCUT2D eigenvalue weighted by Gasteiger charge is 2.33. The lowest BCUT2D eigenvalue weighted by Gasteiger charge is -2.27. The molecule has 1 heterocycles. The second-order valence-corrected chi connectivity index (χ2v) is 5.39. The summed E-state index contributed by atoms with van der Waals surface area (Å²) >= 11 is 0. The van der Waals surface area contributed by atoms with Crippen LogP contribution < -0.4 is 5.32 Å². The van der Waals surface area contributed by atoms with E-state index in [4.69, 9.17) is 0 Å². The summed E-state index contributed by atoms with van der Waals surface area (Å²) in [4.78, 5) is 2.56. The van der Waals surface area contributed by atoms with Gasteiger partial charge in [-0.15, -0.1) is 0 Å². The van der Waals surface area contributed by atoms with Gasteiger partial charge >= 0.3 is 0 Å². The summed E-state index contributed by atoms with van der Waals surface area (Å²) in [5.74, 6) is 2.97. The first-order valence-corrected chi connectivity index (χ1v) is 6.15. The van der Waals surface area contributed by atoms with Crippen molar-refractivity contribution in [3.63, 3.8) is 0 Å². The zero-order chi connectivity index (χ0) is 9.97. The van der Waals surface area contributed by atoms with E-state index in [1.54, 1.807) is 0 Å². The lowest BCUT2D eigenvalue weighted by molar-refractivity contribution is 0.231. The Bertz CT molecular complexity index is 175. The Hall–Kier alpha value is -0.0800. The molecule has 1 N–H and O–H groups in total. The van der Waals surface area contributed by atoms with Crippen LogP contribution in [0.4, 0.5) is 0 Å². The van der Waals surface area contributed by atoms with Gasteiger partial charge in [0, 0.05) is 13.1 Å². The molecule has 0 aromatic heterocycles. The molecule has 1 saturated heterocycles. The molecule has 1 saturated carbocycles. The fourth-order valence-electron chi connectivity index (χ4n) is 2.63. The molecule has 82 valence electrons. The van der Waals surface area contributed by atoms with Crippen molar-refractivity contribution in [2.75, 3.05) is 33.2 Å².